The minimum Gasteiger partial charge on any atom is -0.468 e. The van der Waals surface area contributed by atoms with Crippen molar-refractivity contribution in [1.29, 1.82) is 0 Å². The number of esters is 1. The lowest BCUT2D eigenvalue weighted by Crippen LogP contribution is -2.37. The molecular formula is C9H19NO3. The highest BCUT2D eigenvalue weighted by atomic mass is 16.5. The molecule has 78 valence electrons. The van der Waals surface area contributed by atoms with Gasteiger partial charge in [0.2, 0.25) is 0 Å². The summed E-state index contributed by atoms with van der Waals surface area (Å²) in [6, 6.07) is -0.179. The number of rotatable bonds is 6. The van der Waals surface area contributed by atoms with Crippen LogP contribution in [0.1, 0.15) is 13.3 Å². The molecule has 0 saturated carbocycles. The van der Waals surface area contributed by atoms with Crippen LogP contribution in [0.15, 0.2) is 0 Å². The molecule has 1 unspecified atom stereocenters. The second-order valence-corrected chi connectivity index (χ2v) is 3.03. The van der Waals surface area contributed by atoms with Crippen molar-refractivity contribution in [1.82, 2.24) is 4.90 Å². The van der Waals surface area contributed by atoms with Crippen molar-refractivity contribution in [2.75, 3.05) is 34.4 Å². The van der Waals surface area contributed by atoms with E-state index >= 15 is 0 Å². The highest BCUT2D eigenvalue weighted by Crippen LogP contribution is 1.98. The lowest BCUT2D eigenvalue weighted by molar-refractivity contribution is -0.145. The number of hydrogen-bond donors (Lipinski definition) is 0. The fourth-order valence-corrected chi connectivity index (χ4v) is 1.00. The molecular weight excluding hydrogens is 170 g/mol. The number of carbonyl (C=O) groups excluding carboxylic acids is 1. The first-order chi connectivity index (χ1) is 6.13. The summed E-state index contributed by atoms with van der Waals surface area (Å²) in [7, 11) is 4.98. The molecule has 4 heteroatoms. The molecule has 0 spiro atoms. The summed E-state index contributed by atoms with van der Waals surface area (Å²) in [5, 5.41) is 0. The lowest BCUT2D eigenvalue weighted by Gasteiger charge is -2.21. The Morgan fingerprint density at radius 1 is 1.46 bits per heavy atom. The van der Waals surface area contributed by atoms with Crippen molar-refractivity contribution < 1.29 is 14.3 Å². The van der Waals surface area contributed by atoms with Crippen LogP contribution in [0.4, 0.5) is 0 Å². The van der Waals surface area contributed by atoms with Crippen LogP contribution in [0.2, 0.25) is 0 Å². The van der Waals surface area contributed by atoms with E-state index in [1.807, 2.05) is 18.9 Å². The largest absolute Gasteiger partial charge is 0.468 e. The maximum Gasteiger partial charge on any atom is 0.322 e. The van der Waals surface area contributed by atoms with E-state index in [4.69, 9.17) is 4.74 Å². The quantitative estimate of drug-likeness (QED) is 0.451. The summed E-state index contributed by atoms with van der Waals surface area (Å²) >= 11 is 0. The molecule has 0 aromatic carbocycles. The van der Waals surface area contributed by atoms with Crippen molar-refractivity contribution >= 4 is 5.97 Å². The van der Waals surface area contributed by atoms with Crippen molar-refractivity contribution in [3.05, 3.63) is 0 Å². The predicted molar refractivity (Wildman–Crippen MR) is 50.6 cm³/mol. The van der Waals surface area contributed by atoms with Gasteiger partial charge in [-0.25, -0.2) is 0 Å². The smallest absolute Gasteiger partial charge is 0.322 e. The fourth-order valence-electron chi connectivity index (χ4n) is 1.00. The molecule has 0 aliphatic heterocycles. The summed E-state index contributed by atoms with van der Waals surface area (Å²) in [4.78, 5) is 13.0. The minimum absolute atomic E-state index is 0.179. The van der Waals surface area contributed by atoms with Gasteiger partial charge < -0.3 is 9.47 Å². The van der Waals surface area contributed by atoms with E-state index in [0.717, 1.165) is 19.6 Å². The Kier molecular flexibility index (Phi) is 6.54. The number of carbonyl (C=O) groups is 1. The van der Waals surface area contributed by atoms with Gasteiger partial charge in [0.05, 0.1) is 7.11 Å². The normalized spacial score (nSPS) is 13.0. The summed E-state index contributed by atoms with van der Waals surface area (Å²) in [5.74, 6) is -0.195. The van der Waals surface area contributed by atoms with Gasteiger partial charge in [-0.1, -0.05) is 0 Å². The van der Waals surface area contributed by atoms with E-state index in [2.05, 4.69) is 4.74 Å². The molecule has 0 bridgehead atoms. The van der Waals surface area contributed by atoms with Gasteiger partial charge in [0.25, 0.3) is 0 Å². The van der Waals surface area contributed by atoms with Crippen LogP contribution in [-0.2, 0) is 14.3 Å². The van der Waals surface area contributed by atoms with Crippen molar-refractivity contribution in [2.45, 2.75) is 19.4 Å². The Labute approximate surface area is 79.8 Å². The first kappa shape index (κ1) is 12.4. The number of nitrogens with zero attached hydrogens (tertiary/aromatic N) is 1. The molecule has 0 aliphatic carbocycles. The third kappa shape index (κ3) is 4.85. The molecule has 0 radical (unpaired) electrons. The van der Waals surface area contributed by atoms with Crippen LogP contribution in [0, 0.1) is 0 Å². The van der Waals surface area contributed by atoms with Crippen LogP contribution < -0.4 is 0 Å². The van der Waals surface area contributed by atoms with Crippen molar-refractivity contribution in [3.63, 3.8) is 0 Å². The summed E-state index contributed by atoms with van der Waals surface area (Å²) in [6.07, 6.45) is 0.925. The third-order valence-corrected chi connectivity index (χ3v) is 2.06. The molecule has 0 rings (SSSR count). The van der Waals surface area contributed by atoms with Gasteiger partial charge in [0.1, 0.15) is 6.04 Å². The average Bonchev–Trinajstić information content (AvgIpc) is 2.15. The maximum absolute atomic E-state index is 11.1. The Balaban J connectivity index is 3.68. The van der Waals surface area contributed by atoms with Gasteiger partial charge in [-0.3, -0.25) is 9.69 Å². The fraction of sp³-hybridized carbons (Fsp3) is 0.889. The Bertz CT molecular complexity index is 150. The van der Waals surface area contributed by atoms with Gasteiger partial charge in [0, 0.05) is 20.3 Å². The van der Waals surface area contributed by atoms with E-state index < -0.39 is 0 Å². The van der Waals surface area contributed by atoms with Crippen LogP contribution in [0.25, 0.3) is 0 Å². The summed E-state index contributed by atoms with van der Waals surface area (Å²) < 4.78 is 9.54. The number of likely N-dealkylation sites (N-methyl/N-ethyl adjacent to an activating group) is 1. The van der Waals surface area contributed by atoms with E-state index in [0.29, 0.717) is 0 Å². The Morgan fingerprint density at radius 2 is 2.08 bits per heavy atom. The highest BCUT2D eigenvalue weighted by molar-refractivity contribution is 5.75. The number of ether oxygens (including phenoxy) is 2. The maximum atomic E-state index is 11.1. The van der Waals surface area contributed by atoms with Crippen molar-refractivity contribution in [2.24, 2.45) is 0 Å². The zero-order valence-electron chi connectivity index (χ0n) is 8.87. The van der Waals surface area contributed by atoms with Gasteiger partial charge in [-0.15, -0.1) is 0 Å². The van der Waals surface area contributed by atoms with Crippen LogP contribution in [-0.4, -0.2) is 51.3 Å². The topological polar surface area (TPSA) is 38.8 Å². The molecule has 1 atom stereocenters. The molecule has 13 heavy (non-hydrogen) atoms. The average molecular weight is 189 g/mol. The van der Waals surface area contributed by atoms with Crippen molar-refractivity contribution in [3.8, 4) is 0 Å². The molecule has 0 N–H and O–H groups in total. The summed E-state index contributed by atoms with van der Waals surface area (Å²) in [5.41, 5.74) is 0. The minimum atomic E-state index is -0.195. The zero-order chi connectivity index (χ0) is 10.3. The molecule has 0 aromatic heterocycles. The molecule has 4 nitrogen and oxygen atoms in total. The highest BCUT2D eigenvalue weighted by Gasteiger charge is 2.17. The standard InChI is InChI=1S/C9H19NO3/c1-8(9(11)13-4)10(2)6-5-7-12-3/h8H,5-7H2,1-4H3. The van der Waals surface area contributed by atoms with E-state index in [1.54, 1.807) is 7.11 Å². The lowest BCUT2D eigenvalue weighted by atomic mass is 10.3. The second kappa shape index (κ2) is 6.86. The molecule has 0 fully saturated rings. The number of methoxy groups -OCH3 is 2. The van der Waals surface area contributed by atoms with Gasteiger partial charge >= 0.3 is 5.97 Å². The molecule has 0 saturated heterocycles. The number of hydrogen-bond acceptors (Lipinski definition) is 4. The first-order valence-electron chi connectivity index (χ1n) is 4.40. The first-order valence-corrected chi connectivity index (χ1v) is 4.40. The predicted octanol–water partition coefficient (Wildman–Crippen LogP) is 0.516. The van der Waals surface area contributed by atoms with Crippen LogP contribution >= 0.6 is 0 Å². The van der Waals surface area contributed by atoms with Gasteiger partial charge in [-0.05, 0) is 20.4 Å². The van der Waals surface area contributed by atoms with E-state index in [-0.39, 0.29) is 12.0 Å². The zero-order valence-corrected chi connectivity index (χ0v) is 8.87. The van der Waals surface area contributed by atoms with Crippen LogP contribution in [0.3, 0.4) is 0 Å². The molecule has 0 aromatic rings. The second-order valence-electron chi connectivity index (χ2n) is 3.03. The van der Waals surface area contributed by atoms with Crippen LogP contribution in [0.5, 0.6) is 0 Å². The summed E-state index contributed by atoms with van der Waals surface area (Å²) in [6.45, 7) is 3.39. The van der Waals surface area contributed by atoms with Gasteiger partial charge in [0.15, 0.2) is 0 Å². The third-order valence-electron chi connectivity index (χ3n) is 2.06. The van der Waals surface area contributed by atoms with E-state index in [1.165, 1.54) is 7.11 Å². The Morgan fingerprint density at radius 3 is 2.54 bits per heavy atom. The van der Waals surface area contributed by atoms with Gasteiger partial charge in [-0.2, -0.15) is 0 Å². The monoisotopic (exact) mass is 189 g/mol. The molecule has 0 amide bonds. The SMILES string of the molecule is COCCCN(C)C(C)C(=O)OC. The molecule has 0 heterocycles. The molecule has 0 aliphatic rings. The Hall–Kier alpha value is -0.610. The van der Waals surface area contributed by atoms with E-state index in [9.17, 15) is 4.79 Å².